The Labute approximate surface area is 335 Å². The number of nitrogens with two attached hydrogens (primary N) is 1. The molecule has 0 aliphatic rings. The molecule has 10 heteroatoms. The van der Waals surface area contributed by atoms with Crippen LogP contribution in [0.1, 0.15) is 168 Å². The van der Waals surface area contributed by atoms with Gasteiger partial charge in [0.25, 0.3) is 0 Å². The first-order chi connectivity index (χ1) is 26.8. The summed E-state index contributed by atoms with van der Waals surface area (Å²) in [4.78, 5) is 34.8. The number of rotatable bonds is 39. The third kappa shape index (κ3) is 40.9. The SMILES string of the molecule is CC/C=C\C/C=C\C/C=C\C/C=C\C/C=C\CCCC(=O)OC(COC(=O)CCCCCCCCC/C=C\CCCCCCCC)COP(=O)(O)OCCN. The minimum atomic E-state index is -4.40. The fourth-order valence-electron chi connectivity index (χ4n) is 5.43. The Bertz CT molecular complexity index is 1130. The van der Waals surface area contributed by atoms with E-state index in [1.165, 1.54) is 64.2 Å². The maximum atomic E-state index is 12.6. The van der Waals surface area contributed by atoms with Crippen LogP contribution < -0.4 is 5.73 Å². The lowest BCUT2D eigenvalue weighted by molar-refractivity contribution is -0.161. The van der Waals surface area contributed by atoms with Crippen molar-refractivity contribution >= 4 is 19.8 Å². The molecule has 0 saturated heterocycles. The molecule has 0 bridgehead atoms. The Morgan fingerprint density at radius 1 is 0.564 bits per heavy atom. The number of unbranched alkanes of at least 4 members (excludes halogenated alkanes) is 14. The van der Waals surface area contributed by atoms with Crippen molar-refractivity contribution in [3.05, 3.63) is 72.9 Å². The largest absolute Gasteiger partial charge is 0.472 e. The zero-order valence-corrected chi connectivity index (χ0v) is 35.5. The molecule has 3 N–H and O–H groups in total. The first-order valence-electron chi connectivity index (χ1n) is 21.4. The third-order valence-corrected chi connectivity index (χ3v) is 9.56. The van der Waals surface area contributed by atoms with Gasteiger partial charge in [0.15, 0.2) is 6.10 Å². The number of carbonyl (C=O) groups excluding carboxylic acids is 2. The number of allylic oxidation sites excluding steroid dienone is 12. The van der Waals surface area contributed by atoms with Gasteiger partial charge < -0.3 is 20.1 Å². The normalized spacial score (nSPS) is 14.0. The van der Waals surface area contributed by atoms with Gasteiger partial charge in [-0.3, -0.25) is 18.6 Å². The predicted octanol–water partition coefficient (Wildman–Crippen LogP) is 12.3. The van der Waals surface area contributed by atoms with Crippen LogP contribution >= 0.6 is 7.82 Å². The van der Waals surface area contributed by atoms with E-state index < -0.39 is 32.5 Å². The molecule has 0 aromatic rings. The van der Waals surface area contributed by atoms with Gasteiger partial charge in [-0.2, -0.15) is 0 Å². The van der Waals surface area contributed by atoms with Crippen molar-refractivity contribution in [1.29, 1.82) is 0 Å². The van der Waals surface area contributed by atoms with Gasteiger partial charge in [0.05, 0.1) is 13.2 Å². The molecule has 9 nitrogen and oxygen atoms in total. The molecule has 0 spiro atoms. The highest BCUT2D eigenvalue weighted by Crippen LogP contribution is 2.43. The van der Waals surface area contributed by atoms with Crippen LogP contribution in [0.5, 0.6) is 0 Å². The number of hydrogen-bond acceptors (Lipinski definition) is 8. The summed E-state index contributed by atoms with van der Waals surface area (Å²) in [6, 6.07) is 0. The average Bonchev–Trinajstić information content (AvgIpc) is 3.17. The number of phosphoric acid groups is 1. The minimum absolute atomic E-state index is 0.0405. The summed E-state index contributed by atoms with van der Waals surface area (Å²) in [6.07, 6.45) is 49.4. The van der Waals surface area contributed by atoms with E-state index in [4.69, 9.17) is 24.3 Å². The van der Waals surface area contributed by atoms with E-state index in [9.17, 15) is 19.0 Å². The second-order valence-corrected chi connectivity index (χ2v) is 15.3. The summed E-state index contributed by atoms with van der Waals surface area (Å²) < 4.78 is 32.7. The molecule has 0 radical (unpaired) electrons. The van der Waals surface area contributed by atoms with Gasteiger partial charge in [-0.1, -0.05) is 151 Å². The Kier molecular flexibility index (Phi) is 39.2. The standard InChI is InChI=1S/C45H78NO8P/c1-3-5-7-9-11-13-15-17-19-21-23-25-27-29-31-33-35-37-44(47)51-41-43(42-53-55(49,50)52-40-39-46)54-45(48)38-36-34-32-30-28-26-24-22-20-18-16-14-12-10-8-6-4-2/h6,8,12,14,17-20,24,26,30,32,43H,3-5,7,9-11,13,15-16,21-23,25,27-29,31,33-42,46H2,1-2H3,(H,49,50)/b8-6-,14-12-,19-17-,20-18-,26-24-,32-30-. The highest BCUT2D eigenvalue weighted by Gasteiger charge is 2.25. The molecule has 0 aliphatic heterocycles. The van der Waals surface area contributed by atoms with Gasteiger partial charge in [-0.25, -0.2) is 4.57 Å². The summed E-state index contributed by atoms with van der Waals surface area (Å²) in [7, 11) is -4.40. The minimum Gasteiger partial charge on any atom is -0.462 e. The Hall–Kier alpha value is -2.55. The molecule has 0 aliphatic carbocycles. The number of esters is 2. The Morgan fingerprint density at radius 3 is 1.56 bits per heavy atom. The van der Waals surface area contributed by atoms with Gasteiger partial charge in [-0.05, 0) is 77.0 Å². The summed E-state index contributed by atoms with van der Waals surface area (Å²) in [6.45, 7) is 3.53. The first-order valence-corrected chi connectivity index (χ1v) is 22.9. The second kappa shape index (κ2) is 41.1. The molecule has 0 amide bonds. The molecule has 0 saturated carbocycles. The van der Waals surface area contributed by atoms with Gasteiger partial charge in [0.1, 0.15) is 6.61 Å². The zero-order valence-electron chi connectivity index (χ0n) is 34.6. The first kappa shape index (κ1) is 52.5. The third-order valence-electron chi connectivity index (χ3n) is 8.58. The topological polar surface area (TPSA) is 134 Å². The van der Waals surface area contributed by atoms with Crippen molar-refractivity contribution in [3.63, 3.8) is 0 Å². The summed E-state index contributed by atoms with van der Waals surface area (Å²) in [5.74, 6) is -0.907. The molecule has 316 valence electrons. The van der Waals surface area contributed by atoms with Crippen molar-refractivity contribution < 1.29 is 37.6 Å². The van der Waals surface area contributed by atoms with E-state index in [-0.39, 0.29) is 32.6 Å². The second-order valence-electron chi connectivity index (χ2n) is 13.8. The quantitative estimate of drug-likeness (QED) is 0.0270. The highest BCUT2D eigenvalue weighted by molar-refractivity contribution is 7.47. The monoisotopic (exact) mass is 792 g/mol. The van der Waals surface area contributed by atoms with Gasteiger partial charge in [-0.15, -0.1) is 0 Å². The number of phosphoric ester groups is 1. The lowest BCUT2D eigenvalue weighted by atomic mass is 10.1. The maximum absolute atomic E-state index is 12.6. The molecule has 0 fully saturated rings. The van der Waals surface area contributed by atoms with Crippen LogP contribution in [0.15, 0.2) is 72.9 Å². The van der Waals surface area contributed by atoms with Crippen LogP contribution in [-0.2, 0) is 32.7 Å². The Morgan fingerprint density at radius 2 is 1.02 bits per heavy atom. The van der Waals surface area contributed by atoms with Crippen molar-refractivity contribution in [3.8, 4) is 0 Å². The van der Waals surface area contributed by atoms with Crippen LogP contribution in [0.25, 0.3) is 0 Å². The maximum Gasteiger partial charge on any atom is 0.472 e. The van der Waals surface area contributed by atoms with E-state index in [1.54, 1.807) is 0 Å². The number of hydrogen-bond donors (Lipinski definition) is 2. The molecule has 0 aromatic carbocycles. The van der Waals surface area contributed by atoms with E-state index in [0.717, 1.165) is 64.2 Å². The smallest absolute Gasteiger partial charge is 0.462 e. The van der Waals surface area contributed by atoms with E-state index in [2.05, 4.69) is 80.7 Å². The van der Waals surface area contributed by atoms with Gasteiger partial charge >= 0.3 is 19.8 Å². The molecule has 0 heterocycles. The van der Waals surface area contributed by atoms with Crippen LogP contribution in [0.2, 0.25) is 0 Å². The van der Waals surface area contributed by atoms with E-state index in [0.29, 0.717) is 12.8 Å². The Balaban J connectivity index is 4.27. The number of ether oxygens (including phenoxy) is 2. The number of carbonyl (C=O) groups is 2. The molecule has 2 unspecified atom stereocenters. The summed E-state index contributed by atoms with van der Waals surface area (Å²) >= 11 is 0. The lowest BCUT2D eigenvalue weighted by Gasteiger charge is -2.19. The van der Waals surface area contributed by atoms with Gasteiger partial charge in [0.2, 0.25) is 0 Å². The van der Waals surface area contributed by atoms with Crippen LogP contribution in [0.4, 0.5) is 0 Å². The summed E-state index contributed by atoms with van der Waals surface area (Å²) in [5.41, 5.74) is 5.34. The lowest BCUT2D eigenvalue weighted by Crippen LogP contribution is -2.29. The van der Waals surface area contributed by atoms with Gasteiger partial charge in [0, 0.05) is 19.4 Å². The molecule has 55 heavy (non-hydrogen) atoms. The fraction of sp³-hybridized carbons (Fsp3) is 0.689. The van der Waals surface area contributed by atoms with Crippen molar-refractivity contribution in [1.82, 2.24) is 0 Å². The van der Waals surface area contributed by atoms with Crippen molar-refractivity contribution in [2.75, 3.05) is 26.4 Å². The van der Waals surface area contributed by atoms with Crippen molar-refractivity contribution in [2.24, 2.45) is 5.73 Å². The zero-order chi connectivity index (χ0) is 40.3. The predicted molar refractivity (Wildman–Crippen MR) is 229 cm³/mol. The highest BCUT2D eigenvalue weighted by atomic mass is 31.2. The molecular formula is C45H78NO8P. The van der Waals surface area contributed by atoms with Crippen molar-refractivity contribution in [2.45, 2.75) is 174 Å². The molecule has 0 aromatic heterocycles. The van der Waals surface area contributed by atoms with Crippen LogP contribution in [0.3, 0.4) is 0 Å². The van der Waals surface area contributed by atoms with Crippen LogP contribution in [-0.4, -0.2) is 49.3 Å². The molecule has 2 atom stereocenters. The van der Waals surface area contributed by atoms with E-state index >= 15 is 0 Å². The molecule has 0 rings (SSSR count). The average molecular weight is 792 g/mol. The summed E-state index contributed by atoms with van der Waals surface area (Å²) in [5, 5.41) is 0. The van der Waals surface area contributed by atoms with Crippen LogP contribution in [0, 0.1) is 0 Å². The molecular weight excluding hydrogens is 713 g/mol. The van der Waals surface area contributed by atoms with E-state index in [1.807, 2.05) is 6.08 Å². The fourth-order valence-corrected chi connectivity index (χ4v) is 6.19.